The van der Waals surface area contributed by atoms with Crippen LogP contribution in [0.1, 0.15) is 5.56 Å². The highest BCUT2D eigenvalue weighted by Crippen LogP contribution is 2.19. The van der Waals surface area contributed by atoms with Crippen molar-refractivity contribution in [2.24, 2.45) is 0 Å². The zero-order valence-electron chi connectivity index (χ0n) is 12.0. The number of rotatable bonds is 4. The SMILES string of the molecule is O=S(=O)(c1cccnc1)N1CCO[C@@H](Cc2cccnc2)C1. The first-order valence-corrected chi connectivity index (χ1v) is 8.51. The Morgan fingerprint density at radius 1 is 1.18 bits per heavy atom. The molecular weight excluding hydrogens is 302 g/mol. The monoisotopic (exact) mass is 319 g/mol. The number of hydrogen-bond acceptors (Lipinski definition) is 5. The lowest BCUT2D eigenvalue weighted by Crippen LogP contribution is -2.46. The minimum atomic E-state index is -3.51. The molecule has 0 amide bonds. The van der Waals surface area contributed by atoms with Gasteiger partial charge in [-0.3, -0.25) is 9.97 Å². The van der Waals surface area contributed by atoms with Gasteiger partial charge < -0.3 is 4.74 Å². The summed E-state index contributed by atoms with van der Waals surface area (Å²) in [6.45, 7) is 1.09. The van der Waals surface area contributed by atoms with Crippen LogP contribution in [0, 0.1) is 0 Å². The molecule has 1 saturated heterocycles. The Hall–Kier alpha value is -1.83. The molecular formula is C15H17N3O3S. The largest absolute Gasteiger partial charge is 0.375 e. The molecule has 3 rings (SSSR count). The highest BCUT2D eigenvalue weighted by molar-refractivity contribution is 7.89. The Morgan fingerprint density at radius 2 is 1.95 bits per heavy atom. The number of hydrogen-bond donors (Lipinski definition) is 0. The molecule has 1 aliphatic rings. The third kappa shape index (κ3) is 3.32. The van der Waals surface area contributed by atoms with Gasteiger partial charge in [-0.15, -0.1) is 0 Å². The van der Waals surface area contributed by atoms with Crippen molar-refractivity contribution in [2.45, 2.75) is 17.4 Å². The standard InChI is InChI=1S/C15H17N3O3S/c19-22(20,15-4-2-6-17-11-15)18-7-8-21-14(12-18)9-13-3-1-5-16-10-13/h1-6,10-11,14H,7-9,12H2/t14-/m0/s1. The fourth-order valence-electron chi connectivity index (χ4n) is 2.46. The van der Waals surface area contributed by atoms with E-state index >= 15 is 0 Å². The van der Waals surface area contributed by atoms with Gasteiger partial charge in [0.15, 0.2) is 0 Å². The first-order valence-electron chi connectivity index (χ1n) is 7.07. The van der Waals surface area contributed by atoms with Gasteiger partial charge in [-0.1, -0.05) is 6.07 Å². The van der Waals surface area contributed by atoms with Gasteiger partial charge in [-0.25, -0.2) is 8.42 Å². The van der Waals surface area contributed by atoms with Crippen LogP contribution >= 0.6 is 0 Å². The average molecular weight is 319 g/mol. The Labute approximate surface area is 129 Å². The second-order valence-electron chi connectivity index (χ2n) is 5.11. The second-order valence-corrected chi connectivity index (χ2v) is 7.05. The molecule has 0 N–H and O–H groups in total. The minimum Gasteiger partial charge on any atom is -0.375 e. The van der Waals surface area contributed by atoms with E-state index in [1.165, 1.54) is 10.5 Å². The Bertz CT molecular complexity index is 707. The van der Waals surface area contributed by atoms with Crippen molar-refractivity contribution in [1.29, 1.82) is 0 Å². The summed E-state index contributed by atoms with van der Waals surface area (Å²) in [5.41, 5.74) is 1.04. The zero-order valence-corrected chi connectivity index (χ0v) is 12.8. The van der Waals surface area contributed by atoms with E-state index in [4.69, 9.17) is 4.74 Å². The summed E-state index contributed by atoms with van der Waals surface area (Å²) in [4.78, 5) is 8.18. The van der Waals surface area contributed by atoms with E-state index < -0.39 is 10.0 Å². The van der Waals surface area contributed by atoms with Crippen molar-refractivity contribution in [3.05, 3.63) is 54.6 Å². The second kappa shape index (κ2) is 6.51. The van der Waals surface area contributed by atoms with Crippen LogP contribution in [0.4, 0.5) is 0 Å². The van der Waals surface area contributed by atoms with Crippen molar-refractivity contribution in [3.63, 3.8) is 0 Å². The topological polar surface area (TPSA) is 72.4 Å². The zero-order chi connectivity index (χ0) is 15.4. The molecule has 1 atom stereocenters. The molecule has 2 aromatic heterocycles. The molecule has 22 heavy (non-hydrogen) atoms. The lowest BCUT2D eigenvalue weighted by atomic mass is 10.1. The molecule has 116 valence electrons. The molecule has 7 heteroatoms. The van der Waals surface area contributed by atoms with Gasteiger partial charge in [0.1, 0.15) is 4.90 Å². The van der Waals surface area contributed by atoms with Gasteiger partial charge in [-0.05, 0) is 23.8 Å². The van der Waals surface area contributed by atoms with Crippen molar-refractivity contribution >= 4 is 10.0 Å². The van der Waals surface area contributed by atoms with Crippen molar-refractivity contribution < 1.29 is 13.2 Å². The summed E-state index contributed by atoms with van der Waals surface area (Å²) in [5, 5.41) is 0. The molecule has 1 fully saturated rings. The molecule has 0 bridgehead atoms. The summed E-state index contributed by atoms with van der Waals surface area (Å²) in [5.74, 6) is 0. The lowest BCUT2D eigenvalue weighted by Gasteiger charge is -2.32. The molecule has 2 aromatic rings. The van der Waals surface area contributed by atoms with E-state index in [-0.39, 0.29) is 11.0 Å². The summed E-state index contributed by atoms with van der Waals surface area (Å²) >= 11 is 0. The van der Waals surface area contributed by atoms with E-state index in [1.54, 1.807) is 30.7 Å². The van der Waals surface area contributed by atoms with Crippen molar-refractivity contribution in [1.82, 2.24) is 14.3 Å². The van der Waals surface area contributed by atoms with E-state index in [0.717, 1.165) is 5.56 Å². The predicted octanol–water partition coefficient (Wildman–Crippen LogP) is 1.11. The molecule has 0 aromatic carbocycles. The third-order valence-corrected chi connectivity index (χ3v) is 5.41. The molecule has 0 aliphatic carbocycles. The van der Waals surface area contributed by atoms with Crippen LogP contribution in [0.3, 0.4) is 0 Å². The fourth-order valence-corrected chi connectivity index (χ4v) is 3.88. The summed E-state index contributed by atoms with van der Waals surface area (Å²) < 4.78 is 32.4. The van der Waals surface area contributed by atoms with Crippen LogP contribution in [0.15, 0.2) is 53.9 Å². The molecule has 0 spiro atoms. The van der Waals surface area contributed by atoms with Crippen molar-refractivity contribution in [3.8, 4) is 0 Å². The average Bonchev–Trinajstić information content (AvgIpc) is 2.57. The number of ether oxygens (including phenoxy) is 1. The Kier molecular flexibility index (Phi) is 4.47. The molecule has 1 aliphatic heterocycles. The quantitative estimate of drug-likeness (QED) is 0.844. The van der Waals surface area contributed by atoms with Gasteiger partial charge in [0, 0.05) is 44.3 Å². The normalized spacial score (nSPS) is 19.9. The van der Waals surface area contributed by atoms with Crippen molar-refractivity contribution in [2.75, 3.05) is 19.7 Å². The van der Waals surface area contributed by atoms with Crippen LogP contribution in [0.25, 0.3) is 0 Å². The lowest BCUT2D eigenvalue weighted by molar-refractivity contribution is -0.000538. The maximum absolute atomic E-state index is 12.6. The summed E-state index contributed by atoms with van der Waals surface area (Å²) in [6, 6.07) is 7.02. The molecule has 0 radical (unpaired) electrons. The fraction of sp³-hybridized carbons (Fsp3) is 0.333. The highest BCUT2D eigenvalue weighted by Gasteiger charge is 2.30. The summed E-state index contributed by atoms with van der Waals surface area (Å²) in [7, 11) is -3.51. The molecule has 0 unspecified atom stereocenters. The van der Waals surface area contributed by atoms with Gasteiger partial charge in [0.2, 0.25) is 10.0 Å². The van der Waals surface area contributed by atoms with E-state index in [1.807, 2.05) is 12.1 Å². The van der Waals surface area contributed by atoms with Crippen LogP contribution in [0.5, 0.6) is 0 Å². The van der Waals surface area contributed by atoms with Crippen LogP contribution < -0.4 is 0 Å². The smallest absolute Gasteiger partial charge is 0.244 e. The van der Waals surface area contributed by atoms with Gasteiger partial charge >= 0.3 is 0 Å². The van der Waals surface area contributed by atoms with Gasteiger partial charge in [-0.2, -0.15) is 4.31 Å². The highest BCUT2D eigenvalue weighted by atomic mass is 32.2. The Morgan fingerprint density at radius 3 is 2.64 bits per heavy atom. The number of morpholine rings is 1. The predicted molar refractivity (Wildman–Crippen MR) is 80.7 cm³/mol. The minimum absolute atomic E-state index is 0.163. The van der Waals surface area contributed by atoms with E-state index in [9.17, 15) is 8.42 Å². The van der Waals surface area contributed by atoms with E-state index in [0.29, 0.717) is 26.1 Å². The Balaban J connectivity index is 1.73. The van der Waals surface area contributed by atoms with E-state index in [2.05, 4.69) is 9.97 Å². The maximum Gasteiger partial charge on any atom is 0.244 e. The molecule has 6 nitrogen and oxygen atoms in total. The number of pyridine rings is 2. The first-order chi connectivity index (χ1) is 10.7. The number of nitrogens with zero attached hydrogens (tertiary/aromatic N) is 3. The first kappa shape index (κ1) is 15.1. The van der Waals surface area contributed by atoms with Crippen LogP contribution in [-0.4, -0.2) is 48.5 Å². The maximum atomic E-state index is 12.6. The number of aromatic nitrogens is 2. The van der Waals surface area contributed by atoms with Crippen LogP contribution in [0.2, 0.25) is 0 Å². The molecule has 0 saturated carbocycles. The molecule has 3 heterocycles. The number of sulfonamides is 1. The van der Waals surface area contributed by atoms with Gasteiger partial charge in [0.25, 0.3) is 0 Å². The van der Waals surface area contributed by atoms with Crippen LogP contribution in [-0.2, 0) is 21.2 Å². The summed E-state index contributed by atoms with van der Waals surface area (Å²) in [6.07, 6.45) is 6.91. The third-order valence-electron chi connectivity index (χ3n) is 3.56. The van der Waals surface area contributed by atoms with Gasteiger partial charge in [0.05, 0.1) is 12.7 Å².